The van der Waals surface area contributed by atoms with E-state index in [1.54, 1.807) is 26.0 Å². The molecule has 8 heteroatoms. The van der Waals surface area contributed by atoms with Crippen LogP contribution in [0.1, 0.15) is 20.8 Å². The molecule has 1 aromatic heterocycles. The summed E-state index contributed by atoms with van der Waals surface area (Å²) in [7, 11) is -3.85. The largest absolute Gasteiger partial charge is 0.477 e. The maximum Gasteiger partial charge on any atom is 0.345 e. The second kappa shape index (κ2) is 5.78. The van der Waals surface area contributed by atoms with E-state index in [-0.39, 0.29) is 13.6 Å². The predicted molar refractivity (Wildman–Crippen MR) is 85.7 cm³/mol. The Balaban J connectivity index is 2.46. The molecule has 5 nitrogen and oxygen atoms in total. The number of sulfonamides is 1. The zero-order valence-electron chi connectivity index (χ0n) is 11.2. The highest BCUT2D eigenvalue weighted by Gasteiger charge is 2.24. The molecule has 21 heavy (non-hydrogen) atoms. The van der Waals surface area contributed by atoms with Gasteiger partial charge in [0.05, 0.1) is 9.47 Å². The molecule has 2 aromatic rings. The van der Waals surface area contributed by atoms with Crippen molar-refractivity contribution < 1.29 is 18.3 Å². The van der Waals surface area contributed by atoms with Gasteiger partial charge < -0.3 is 5.11 Å². The van der Waals surface area contributed by atoms with Crippen LogP contribution in [0.2, 0.25) is 0 Å². The van der Waals surface area contributed by atoms with Crippen LogP contribution in [-0.2, 0) is 10.0 Å². The van der Waals surface area contributed by atoms with E-state index in [1.165, 1.54) is 0 Å². The second-order valence-corrected chi connectivity index (χ2v) is 8.45. The number of hydrogen-bond donors (Lipinski definition) is 2. The Morgan fingerprint density at radius 1 is 1.29 bits per heavy atom. The molecule has 0 atom stereocenters. The van der Waals surface area contributed by atoms with Crippen LogP contribution in [0.4, 0.5) is 5.69 Å². The van der Waals surface area contributed by atoms with Crippen LogP contribution in [0.25, 0.3) is 0 Å². The number of halogens is 1. The van der Waals surface area contributed by atoms with Gasteiger partial charge in [-0.15, -0.1) is 11.3 Å². The Bertz CT molecular complexity index is 791. The third-order valence-corrected chi connectivity index (χ3v) is 6.46. The lowest BCUT2D eigenvalue weighted by atomic mass is 10.1. The van der Waals surface area contributed by atoms with Gasteiger partial charge in [-0.3, -0.25) is 4.72 Å². The van der Waals surface area contributed by atoms with E-state index in [2.05, 4.69) is 20.7 Å². The third-order valence-electron chi connectivity index (χ3n) is 2.87. The van der Waals surface area contributed by atoms with Gasteiger partial charge in [0.2, 0.25) is 0 Å². The number of para-hydroxylation sites is 1. The topological polar surface area (TPSA) is 83.5 Å². The number of carboxylic acids is 1. The molecular weight excluding hydrogens is 378 g/mol. The number of aromatic carboxylic acids is 1. The molecule has 0 aliphatic carbocycles. The van der Waals surface area contributed by atoms with Crippen LogP contribution in [0.5, 0.6) is 0 Å². The van der Waals surface area contributed by atoms with Crippen LogP contribution in [-0.4, -0.2) is 19.5 Å². The number of anilines is 1. The SMILES string of the molecule is Cc1cccc(C)c1NS(=O)(=O)c1cc(C(=O)O)sc1Br. The molecule has 0 amide bonds. The first kappa shape index (κ1) is 16.0. The monoisotopic (exact) mass is 389 g/mol. The average molecular weight is 390 g/mol. The predicted octanol–water partition coefficient (Wildman–Crippen LogP) is 3.63. The van der Waals surface area contributed by atoms with Crippen molar-refractivity contribution in [1.29, 1.82) is 0 Å². The van der Waals surface area contributed by atoms with Crippen LogP contribution in [0.3, 0.4) is 0 Å². The fourth-order valence-corrected chi connectivity index (χ4v) is 5.41. The molecule has 0 spiro atoms. The molecule has 1 heterocycles. The van der Waals surface area contributed by atoms with Crippen LogP contribution in [0.15, 0.2) is 32.9 Å². The van der Waals surface area contributed by atoms with E-state index in [4.69, 9.17) is 5.11 Å². The molecule has 0 bridgehead atoms. The van der Waals surface area contributed by atoms with Gasteiger partial charge >= 0.3 is 5.97 Å². The minimum absolute atomic E-state index is 0.0382. The van der Waals surface area contributed by atoms with Gasteiger partial charge in [-0.25, -0.2) is 13.2 Å². The standard InChI is InChI=1S/C13H12BrNO4S2/c1-7-4-3-5-8(2)11(7)15-21(18,19)10-6-9(13(16)17)20-12(10)14/h3-6,15H,1-2H3,(H,16,17). The van der Waals surface area contributed by atoms with Crippen molar-refractivity contribution in [2.24, 2.45) is 0 Å². The number of benzene rings is 1. The maximum atomic E-state index is 12.4. The van der Waals surface area contributed by atoms with E-state index in [9.17, 15) is 13.2 Å². The molecule has 0 aliphatic rings. The van der Waals surface area contributed by atoms with Gasteiger partial charge in [-0.05, 0) is 47.0 Å². The lowest BCUT2D eigenvalue weighted by molar-refractivity contribution is 0.0702. The Labute approximate surface area is 134 Å². The van der Waals surface area contributed by atoms with Crippen molar-refractivity contribution in [3.8, 4) is 0 Å². The highest BCUT2D eigenvalue weighted by molar-refractivity contribution is 9.11. The van der Waals surface area contributed by atoms with E-state index in [0.717, 1.165) is 28.5 Å². The van der Waals surface area contributed by atoms with Gasteiger partial charge in [0.25, 0.3) is 10.0 Å². The maximum absolute atomic E-state index is 12.4. The van der Waals surface area contributed by atoms with Crippen molar-refractivity contribution in [2.75, 3.05) is 4.72 Å². The van der Waals surface area contributed by atoms with Crippen LogP contribution in [0, 0.1) is 13.8 Å². The highest BCUT2D eigenvalue weighted by Crippen LogP contribution is 2.33. The van der Waals surface area contributed by atoms with Gasteiger partial charge in [-0.1, -0.05) is 18.2 Å². The zero-order valence-corrected chi connectivity index (χ0v) is 14.4. The smallest absolute Gasteiger partial charge is 0.345 e. The van der Waals surface area contributed by atoms with E-state index >= 15 is 0 Å². The summed E-state index contributed by atoms with van der Waals surface area (Å²) in [5.41, 5.74) is 2.10. The van der Waals surface area contributed by atoms with Gasteiger partial charge in [0.1, 0.15) is 9.77 Å². The highest BCUT2D eigenvalue weighted by atomic mass is 79.9. The Kier molecular flexibility index (Phi) is 4.40. The van der Waals surface area contributed by atoms with E-state index < -0.39 is 16.0 Å². The van der Waals surface area contributed by atoms with Gasteiger partial charge in [0, 0.05) is 0 Å². The molecule has 2 N–H and O–H groups in total. The number of rotatable bonds is 4. The Morgan fingerprint density at radius 2 is 1.86 bits per heavy atom. The summed E-state index contributed by atoms with van der Waals surface area (Å²) < 4.78 is 27.7. The number of thiophene rings is 1. The third kappa shape index (κ3) is 3.28. The first-order chi connectivity index (χ1) is 9.72. The number of carboxylic acid groups (broad SMARTS) is 1. The van der Waals surface area contributed by atoms with Crippen molar-refractivity contribution in [3.63, 3.8) is 0 Å². The van der Waals surface area contributed by atoms with Crippen molar-refractivity contribution >= 4 is 48.9 Å². The number of nitrogens with one attached hydrogen (secondary N) is 1. The van der Waals surface area contributed by atoms with Crippen molar-refractivity contribution in [2.45, 2.75) is 18.7 Å². The Hall–Kier alpha value is -1.38. The van der Waals surface area contributed by atoms with Crippen LogP contribution >= 0.6 is 27.3 Å². The van der Waals surface area contributed by atoms with Crippen molar-refractivity contribution in [1.82, 2.24) is 0 Å². The van der Waals surface area contributed by atoms with Gasteiger partial charge in [-0.2, -0.15) is 0 Å². The second-order valence-electron chi connectivity index (χ2n) is 4.43. The molecule has 0 aliphatic heterocycles. The Morgan fingerprint density at radius 3 is 2.33 bits per heavy atom. The fraction of sp³-hybridized carbons (Fsp3) is 0.154. The molecule has 0 radical (unpaired) electrons. The fourth-order valence-electron chi connectivity index (χ4n) is 1.81. The summed E-state index contributed by atoms with van der Waals surface area (Å²) in [6.07, 6.45) is 0. The molecule has 0 saturated carbocycles. The number of hydrogen-bond acceptors (Lipinski definition) is 4. The summed E-state index contributed by atoms with van der Waals surface area (Å²) in [5.74, 6) is -1.16. The van der Waals surface area contributed by atoms with Crippen LogP contribution < -0.4 is 4.72 Å². The first-order valence-electron chi connectivity index (χ1n) is 5.84. The van der Waals surface area contributed by atoms with Gasteiger partial charge in [0.15, 0.2) is 0 Å². The quantitative estimate of drug-likeness (QED) is 0.835. The zero-order chi connectivity index (χ0) is 15.8. The van der Waals surface area contributed by atoms with E-state index in [1.807, 2.05) is 6.07 Å². The summed E-state index contributed by atoms with van der Waals surface area (Å²) >= 11 is 3.97. The molecular formula is C13H12BrNO4S2. The number of carbonyl (C=O) groups is 1. The molecule has 0 fully saturated rings. The molecule has 1 aromatic carbocycles. The first-order valence-corrected chi connectivity index (χ1v) is 8.93. The molecule has 112 valence electrons. The lowest BCUT2D eigenvalue weighted by Gasteiger charge is -2.12. The summed E-state index contributed by atoms with van der Waals surface area (Å²) in [5, 5.41) is 8.94. The van der Waals surface area contributed by atoms with Crippen molar-refractivity contribution in [3.05, 3.63) is 44.1 Å². The number of aryl methyl sites for hydroxylation is 2. The average Bonchev–Trinajstić information content (AvgIpc) is 2.77. The lowest BCUT2D eigenvalue weighted by Crippen LogP contribution is -2.14. The van der Waals surface area contributed by atoms with E-state index in [0.29, 0.717) is 5.69 Å². The summed E-state index contributed by atoms with van der Waals surface area (Å²) in [6, 6.07) is 6.59. The summed E-state index contributed by atoms with van der Waals surface area (Å²) in [6.45, 7) is 3.60. The summed E-state index contributed by atoms with van der Waals surface area (Å²) in [4.78, 5) is 10.8. The molecule has 2 rings (SSSR count). The minimum Gasteiger partial charge on any atom is -0.477 e. The minimum atomic E-state index is -3.85. The molecule has 0 saturated heterocycles. The molecule has 0 unspecified atom stereocenters. The normalized spacial score (nSPS) is 11.4.